The summed E-state index contributed by atoms with van der Waals surface area (Å²) in [6, 6.07) is 3.17. The standard InChI is InChI=1S/C13H12ClN3O3S/c1-7-16-17-13(21-7)15-12(18)8-5-9(14)11-10(6-8)19-3-2-4-20-11/h5-6H,2-4H2,1H3,(H,15,17,18). The van der Waals surface area contributed by atoms with Crippen LogP contribution in [0.2, 0.25) is 5.02 Å². The second-order valence-electron chi connectivity index (χ2n) is 4.42. The molecule has 8 heteroatoms. The summed E-state index contributed by atoms with van der Waals surface area (Å²) in [6.07, 6.45) is 0.774. The molecule has 2 heterocycles. The van der Waals surface area contributed by atoms with E-state index in [2.05, 4.69) is 15.5 Å². The lowest BCUT2D eigenvalue weighted by atomic mass is 10.2. The van der Waals surface area contributed by atoms with Crippen molar-refractivity contribution < 1.29 is 14.3 Å². The summed E-state index contributed by atoms with van der Waals surface area (Å²) in [5.41, 5.74) is 0.386. The van der Waals surface area contributed by atoms with Crippen LogP contribution >= 0.6 is 22.9 Å². The predicted molar refractivity (Wildman–Crippen MR) is 79.7 cm³/mol. The van der Waals surface area contributed by atoms with Crippen molar-refractivity contribution in [3.05, 3.63) is 27.7 Å². The Morgan fingerprint density at radius 3 is 2.90 bits per heavy atom. The number of nitrogens with one attached hydrogen (secondary N) is 1. The highest BCUT2D eigenvalue weighted by molar-refractivity contribution is 7.15. The molecule has 0 atom stereocenters. The van der Waals surface area contributed by atoms with E-state index in [1.165, 1.54) is 11.3 Å². The molecule has 6 nitrogen and oxygen atoms in total. The van der Waals surface area contributed by atoms with E-state index >= 15 is 0 Å². The van der Waals surface area contributed by atoms with Gasteiger partial charge in [-0.2, -0.15) is 0 Å². The zero-order chi connectivity index (χ0) is 14.8. The number of ether oxygens (including phenoxy) is 2. The molecule has 0 radical (unpaired) electrons. The van der Waals surface area contributed by atoms with Gasteiger partial charge in [0.1, 0.15) is 5.01 Å². The molecule has 1 aromatic carbocycles. The van der Waals surface area contributed by atoms with Crippen molar-refractivity contribution in [3.63, 3.8) is 0 Å². The Hall–Kier alpha value is -1.86. The molecule has 1 N–H and O–H groups in total. The molecule has 21 heavy (non-hydrogen) atoms. The maximum Gasteiger partial charge on any atom is 0.257 e. The first-order valence-corrected chi connectivity index (χ1v) is 7.53. The van der Waals surface area contributed by atoms with Crippen molar-refractivity contribution in [3.8, 4) is 11.5 Å². The van der Waals surface area contributed by atoms with Gasteiger partial charge in [-0.1, -0.05) is 22.9 Å². The van der Waals surface area contributed by atoms with Gasteiger partial charge in [-0.15, -0.1) is 10.2 Å². The lowest BCUT2D eigenvalue weighted by Crippen LogP contribution is -2.12. The van der Waals surface area contributed by atoms with E-state index in [0.717, 1.165) is 11.4 Å². The van der Waals surface area contributed by atoms with Crippen LogP contribution in [0.3, 0.4) is 0 Å². The van der Waals surface area contributed by atoms with Gasteiger partial charge in [0.15, 0.2) is 11.5 Å². The molecule has 1 amide bonds. The molecule has 1 aromatic heterocycles. The van der Waals surface area contributed by atoms with E-state index in [0.29, 0.717) is 40.4 Å². The van der Waals surface area contributed by atoms with Crippen LogP contribution in [0.5, 0.6) is 11.5 Å². The number of hydrogen-bond acceptors (Lipinski definition) is 6. The fraction of sp³-hybridized carbons (Fsp3) is 0.308. The summed E-state index contributed by atoms with van der Waals surface area (Å²) in [5.74, 6) is 0.653. The number of amides is 1. The SMILES string of the molecule is Cc1nnc(NC(=O)c2cc(Cl)c3c(c2)OCCCO3)s1. The molecule has 0 fully saturated rings. The number of nitrogens with zero attached hydrogens (tertiary/aromatic N) is 2. The summed E-state index contributed by atoms with van der Waals surface area (Å²) < 4.78 is 11.1. The van der Waals surface area contributed by atoms with Gasteiger partial charge in [-0.05, 0) is 19.1 Å². The molecule has 0 bridgehead atoms. The highest BCUT2D eigenvalue weighted by atomic mass is 35.5. The second-order valence-corrected chi connectivity index (χ2v) is 6.01. The minimum Gasteiger partial charge on any atom is -0.489 e. The van der Waals surface area contributed by atoms with Gasteiger partial charge in [0.25, 0.3) is 5.91 Å². The van der Waals surface area contributed by atoms with E-state index in [-0.39, 0.29) is 5.91 Å². The fourth-order valence-corrected chi connectivity index (χ4v) is 2.73. The van der Waals surface area contributed by atoms with Crippen LogP contribution < -0.4 is 14.8 Å². The number of carbonyl (C=O) groups is 1. The van der Waals surface area contributed by atoms with Gasteiger partial charge in [0.2, 0.25) is 5.13 Å². The zero-order valence-electron chi connectivity index (χ0n) is 11.2. The lowest BCUT2D eigenvalue weighted by Gasteiger charge is -2.11. The number of fused-ring (bicyclic) bond motifs is 1. The first-order valence-electron chi connectivity index (χ1n) is 6.34. The molecular formula is C13H12ClN3O3S. The third-order valence-electron chi connectivity index (χ3n) is 2.81. The molecule has 3 rings (SSSR count). The average Bonchev–Trinajstić information content (AvgIpc) is 2.72. The van der Waals surface area contributed by atoms with E-state index in [9.17, 15) is 4.79 Å². The van der Waals surface area contributed by atoms with E-state index in [4.69, 9.17) is 21.1 Å². The number of hydrogen-bond donors (Lipinski definition) is 1. The number of aromatic nitrogens is 2. The molecule has 1 aliphatic rings. The Labute approximate surface area is 130 Å². The van der Waals surface area contributed by atoms with Gasteiger partial charge < -0.3 is 9.47 Å². The minimum absolute atomic E-state index is 0.316. The molecule has 0 saturated heterocycles. The Morgan fingerprint density at radius 1 is 1.33 bits per heavy atom. The fourth-order valence-electron chi connectivity index (χ4n) is 1.88. The van der Waals surface area contributed by atoms with Gasteiger partial charge in [0, 0.05) is 12.0 Å². The Bertz CT molecular complexity index is 689. The zero-order valence-corrected chi connectivity index (χ0v) is 12.8. The summed E-state index contributed by atoms with van der Waals surface area (Å²) >= 11 is 7.46. The van der Waals surface area contributed by atoms with Crippen molar-refractivity contribution in [1.29, 1.82) is 0 Å². The number of anilines is 1. The maximum atomic E-state index is 12.2. The monoisotopic (exact) mass is 325 g/mol. The van der Waals surface area contributed by atoms with Crippen LogP contribution in [0.4, 0.5) is 5.13 Å². The molecule has 0 unspecified atom stereocenters. The van der Waals surface area contributed by atoms with Crippen molar-refractivity contribution in [2.24, 2.45) is 0 Å². The van der Waals surface area contributed by atoms with Crippen LogP contribution in [0.15, 0.2) is 12.1 Å². The molecule has 110 valence electrons. The third kappa shape index (κ3) is 3.08. The summed E-state index contributed by atoms with van der Waals surface area (Å²) in [5, 5.41) is 12.0. The Balaban J connectivity index is 1.86. The molecule has 0 aliphatic carbocycles. The minimum atomic E-state index is -0.316. The van der Waals surface area contributed by atoms with Gasteiger partial charge >= 0.3 is 0 Å². The van der Waals surface area contributed by atoms with E-state index in [1.54, 1.807) is 12.1 Å². The highest BCUT2D eigenvalue weighted by Crippen LogP contribution is 2.38. The van der Waals surface area contributed by atoms with E-state index in [1.807, 2.05) is 6.92 Å². The van der Waals surface area contributed by atoms with Gasteiger partial charge in [-0.25, -0.2) is 0 Å². The Morgan fingerprint density at radius 2 is 2.14 bits per heavy atom. The predicted octanol–water partition coefficient (Wildman–Crippen LogP) is 2.91. The van der Waals surface area contributed by atoms with Crippen molar-refractivity contribution >= 4 is 34.0 Å². The average molecular weight is 326 g/mol. The second kappa shape index (κ2) is 5.87. The van der Waals surface area contributed by atoms with Crippen molar-refractivity contribution in [2.75, 3.05) is 18.5 Å². The summed E-state index contributed by atoms with van der Waals surface area (Å²) in [6.45, 7) is 2.89. The smallest absolute Gasteiger partial charge is 0.257 e. The van der Waals surface area contributed by atoms with Crippen molar-refractivity contribution in [1.82, 2.24) is 10.2 Å². The van der Waals surface area contributed by atoms with Crippen LogP contribution in [-0.4, -0.2) is 29.3 Å². The van der Waals surface area contributed by atoms with Crippen molar-refractivity contribution in [2.45, 2.75) is 13.3 Å². The first kappa shape index (κ1) is 14.1. The summed E-state index contributed by atoms with van der Waals surface area (Å²) in [7, 11) is 0. The molecular weight excluding hydrogens is 314 g/mol. The molecule has 1 aliphatic heterocycles. The summed E-state index contributed by atoms with van der Waals surface area (Å²) in [4.78, 5) is 12.2. The molecule has 0 saturated carbocycles. The highest BCUT2D eigenvalue weighted by Gasteiger charge is 2.19. The van der Waals surface area contributed by atoms with Crippen LogP contribution in [0, 0.1) is 6.92 Å². The van der Waals surface area contributed by atoms with Crippen LogP contribution in [0.25, 0.3) is 0 Å². The number of carbonyl (C=O) groups excluding carboxylic acids is 1. The number of aryl methyl sites for hydroxylation is 1. The maximum absolute atomic E-state index is 12.2. The molecule has 0 spiro atoms. The van der Waals surface area contributed by atoms with Crippen LogP contribution in [-0.2, 0) is 0 Å². The van der Waals surface area contributed by atoms with Gasteiger partial charge in [-0.3, -0.25) is 10.1 Å². The molecule has 2 aromatic rings. The number of halogens is 1. The number of benzene rings is 1. The first-order chi connectivity index (χ1) is 10.1. The normalized spacial score (nSPS) is 13.6. The lowest BCUT2D eigenvalue weighted by molar-refractivity contribution is 0.102. The third-order valence-corrected chi connectivity index (χ3v) is 3.85. The van der Waals surface area contributed by atoms with Gasteiger partial charge in [0.05, 0.1) is 18.2 Å². The number of rotatable bonds is 2. The van der Waals surface area contributed by atoms with E-state index < -0.39 is 0 Å². The Kier molecular flexibility index (Phi) is 3.94. The quantitative estimate of drug-likeness (QED) is 0.919. The topological polar surface area (TPSA) is 73.3 Å². The largest absolute Gasteiger partial charge is 0.489 e. The van der Waals surface area contributed by atoms with Crippen LogP contribution in [0.1, 0.15) is 21.8 Å².